The summed E-state index contributed by atoms with van der Waals surface area (Å²) < 4.78 is 5.24. The highest BCUT2D eigenvalue weighted by atomic mass is 35.5. The van der Waals surface area contributed by atoms with Gasteiger partial charge in [-0.15, -0.1) is 0 Å². The molecule has 0 radical (unpaired) electrons. The van der Waals surface area contributed by atoms with Gasteiger partial charge in [0, 0.05) is 17.5 Å². The molecule has 0 unspecified atom stereocenters. The second kappa shape index (κ2) is 7.98. The van der Waals surface area contributed by atoms with Crippen molar-refractivity contribution in [2.45, 2.75) is 12.0 Å². The van der Waals surface area contributed by atoms with Crippen molar-refractivity contribution in [1.82, 2.24) is 0 Å². The van der Waals surface area contributed by atoms with Crippen LogP contribution >= 0.6 is 11.6 Å². The lowest BCUT2D eigenvalue weighted by atomic mass is 9.91. The van der Waals surface area contributed by atoms with Crippen molar-refractivity contribution in [3.05, 3.63) is 108 Å². The van der Waals surface area contributed by atoms with Crippen molar-refractivity contribution < 1.29 is 14.3 Å². The Morgan fingerprint density at radius 3 is 1.50 bits per heavy atom. The minimum atomic E-state index is -0.845. The van der Waals surface area contributed by atoms with E-state index in [0.717, 1.165) is 16.7 Å². The molecule has 0 N–H and O–H groups in total. The molecule has 1 heterocycles. The van der Waals surface area contributed by atoms with Gasteiger partial charge in [-0.05, 0) is 17.2 Å². The Morgan fingerprint density at radius 2 is 1.15 bits per heavy atom. The predicted molar refractivity (Wildman–Crippen MR) is 101 cm³/mol. The van der Waals surface area contributed by atoms with Gasteiger partial charge in [0.05, 0.1) is 0 Å². The zero-order chi connectivity index (χ0) is 18.4. The molecule has 1 aliphatic heterocycles. The van der Waals surface area contributed by atoms with Gasteiger partial charge in [0.1, 0.15) is 0 Å². The Bertz CT molecular complexity index is 838. The Labute approximate surface area is 157 Å². The van der Waals surface area contributed by atoms with Gasteiger partial charge in [0.25, 0.3) is 5.60 Å². The first kappa shape index (κ1) is 17.9. The molecule has 26 heavy (non-hydrogen) atoms. The molecule has 1 aliphatic rings. The maximum atomic E-state index is 11.6. The van der Waals surface area contributed by atoms with Crippen molar-refractivity contribution in [3.8, 4) is 0 Å². The lowest BCUT2D eigenvalue weighted by molar-refractivity contribution is -0.117. The van der Waals surface area contributed by atoms with Gasteiger partial charge in [-0.1, -0.05) is 91.0 Å². The maximum absolute atomic E-state index is 11.6. The van der Waals surface area contributed by atoms with Gasteiger partial charge in [-0.3, -0.25) is 4.79 Å². The molecule has 0 aromatic heterocycles. The van der Waals surface area contributed by atoms with Crippen LogP contribution < -0.4 is 0 Å². The molecular weight excluding hydrogens is 348 g/mol. The molecule has 4 heteroatoms. The van der Waals surface area contributed by atoms with Gasteiger partial charge < -0.3 is 4.74 Å². The number of halogens is 1. The van der Waals surface area contributed by atoms with Crippen molar-refractivity contribution in [2.75, 3.05) is 0 Å². The summed E-state index contributed by atoms with van der Waals surface area (Å²) in [5, 5.41) is -0.314. The molecule has 0 atom stereocenters. The van der Waals surface area contributed by atoms with Gasteiger partial charge in [-0.25, -0.2) is 4.79 Å². The molecule has 0 aliphatic carbocycles. The van der Waals surface area contributed by atoms with Gasteiger partial charge in [0.2, 0.25) is 5.24 Å². The fourth-order valence-electron chi connectivity index (χ4n) is 2.74. The normalized spacial score (nSPS) is 13.8. The lowest BCUT2D eigenvalue weighted by Crippen LogP contribution is -2.12. The fraction of sp³-hybridized carbons (Fsp3) is 0.0909. The number of benzene rings is 3. The van der Waals surface area contributed by atoms with E-state index in [2.05, 4.69) is 0 Å². The summed E-state index contributed by atoms with van der Waals surface area (Å²) in [6.45, 7) is 0. The van der Waals surface area contributed by atoms with Crippen LogP contribution in [0.3, 0.4) is 0 Å². The molecule has 0 spiro atoms. The fourth-order valence-corrected chi connectivity index (χ4v) is 2.89. The number of carbonyl (C=O) groups excluding carboxylic acids is 2. The third-order valence-corrected chi connectivity index (χ3v) is 4.17. The second-order valence-electron chi connectivity index (χ2n) is 5.82. The van der Waals surface area contributed by atoms with Crippen LogP contribution in [0.2, 0.25) is 0 Å². The largest absolute Gasteiger partial charge is 0.433 e. The highest BCUT2D eigenvalue weighted by Crippen LogP contribution is 2.46. The molecule has 0 bridgehead atoms. The smallest absolute Gasteiger partial charge is 0.362 e. The maximum Gasteiger partial charge on any atom is 0.362 e. The molecule has 1 saturated heterocycles. The molecule has 3 nitrogen and oxygen atoms in total. The van der Waals surface area contributed by atoms with E-state index in [1.807, 2.05) is 91.0 Å². The highest BCUT2D eigenvalue weighted by Gasteiger charge is 2.60. The number of cyclic esters (lactones) is 1. The number of ether oxygens (including phenoxy) is 1. The van der Waals surface area contributed by atoms with Crippen molar-refractivity contribution >= 4 is 22.8 Å². The molecule has 3 aromatic rings. The van der Waals surface area contributed by atoms with Crippen LogP contribution in [0.25, 0.3) is 0 Å². The highest BCUT2D eigenvalue weighted by molar-refractivity contribution is 6.63. The minimum absolute atomic E-state index is 0.176. The molecule has 4 rings (SSSR count). The molecule has 0 saturated carbocycles. The first-order chi connectivity index (χ1) is 12.6. The molecule has 1 fully saturated rings. The van der Waals surface area contributed by atoms with E-state index in [1.54, 1.807) is 0 Å². The summed E-state index contributed by atoms with van der Waals surface area (Å²) in [7, 11) is 0. The van der Waals surface area contributed by atoms with E-state index < -0.39 is 5.60 Å². The average Bonchev–Trinajstić information content (AvgIpc) is 3.36. The monoisotopic (exact) mass is 364 g/mol. The number of hydrogen-bond acceptors (Lipinski definition) is 3. The average molecular weight is 365 g/mol. The Kier molecular flexibility index (Phi) is 5.49. The first-order valence-corrected chi connectivity index (χ1v) is 8.57. The van der Waals surface area contributed by atoms with E-state index in [0.29, 0.717) is 6.42 Å². The molecule has 0 amide bonds. The van der Waals surface area contributed by atoms with Crippen LogP contribution in [0.15, 0.2) is 91.0 Å². The Morgan fingerprint density at radius 1 is 0.769 bits per heavy atom. The minimum Gasteiger partial charge on any atom is -0.433 e. The van der Waals surface area contributed by atoms with Gasteiger partial charge >= 0.3 is 5.97 Å². The predicted octanol–water partition coefficient (Wildman–Crippen LogP) is 4.48. The van der Waals surface area contributed by atoms with E-state index in [4.69, 9.17) is 16.3 Å². The van der Waals surface area contributed by atoms with E-state index >= 15 is 0 Å². The topological polar surface area (TPSA) is 46.7 Å². The SMILES string of the molecule is O=C(Cl)Cc1ccccc1.O=C1OC1(c1ccccc1)c1ccccc1. The number of epoxide rings is 1. The number of carbonyl (C=O) groups is 2. The quantitative estimate of drug-likeness (QED) is 0.506. The molecule has 130 valence electrons. The van der Waals surface area contributed by atoms with Crippen molar-refractivity contribution in [3.63, 3.8) is 0 Å². The summed E-state index contributed by atoms with van der Waals surface area (Å²) >= 11 is 5.17. The molecular formula is C22H17ClO3. The summed E-state index contributed by atoms with van der Waals surface area (Å²) in [5.74, 6) is -0.176. The van der Waals surface area contributed by atoms with Crippen LogP contribution in [0.1, 0.15) is 16.7 Å². The second-order valence-corrected chi connectivity index (χ2v) is 6.24. The third kappa shape index (κ3) is 4.01. The number of rotatable bonds is 4. The zero-order valence-electron chi connectivity index (χ0n) is 14.0. The summed E-state index contributed by atoms with van der Waals surface area (Å²) in [4.78, 5) is 22.0. The lowest BCUT2D eigenvalue weighted by Gasteiger charge is -2.08. The summed E-state index contributed by atoms with van der Waals surface area (Å²) in [6.07, 6.45) is 0.322. The van der Waals surface area contributed by atoms with Gasteiger partial charge in [0.15, 0.2) is 0 Å². The summed E-state index contributed by atoms with van der Waals surface area (Å²) in [5.41, 5.74) is 1.91. The van der Waals surface area contributed by atoms with Gasteiger partial charge in [-0.2, -0.15) is 0 Å². The first-order valence-electron chi connectivity index (χ1n) is 8.19. The van der Waals surface area contributed by atoms with E-state index in [-0.39, 0.29) is 11.2 Å². The number of hydrogen-bond donors (Lipinski definition) is 0. The Balaban J connectivity index is 0.000000170. The zero-order valence-corrected chi connectivity index (χ0v) is 14.7. The van der Waals surface area contributed by atoms with E-state index in [1.165, 1.54) is 0 Å². The van der Waals surface area contributed by atoms with Crippen LogP contribution in [-0.2, 0) is 26.3 Å². The van der Waals surface area contributed by atoms with Crippen LogP contribution in [-0.4, -0.2) is 11.2 Å². The van der Waals surface area contributed by atoms with E-state index in [9.17, 15) is 9.59 Å². The summed E-state index contributed by atoms with van der Waals surface area (Å²) in [6, 6.07) is 28.6. The van der Waals surface area contributed by atoms with Crippen LogP contribution in [0.5, 0.6) is 0 Å². The van der Waals surface area contributed by atoms with Crippen molar-refractivity contribution in [2.24, 2.45) is 0 Å². The Hall–Kier alpha value is -2.91. The van der Waals surface area contributed by atoms with Crippen LogP contribution in [0.4, 0.5) is 0 Å². The third-order valence-electron chi connectivity index (χ3n) is 4.04. The van der Waals surface area contributed by atoms with Crippen molar-refractivity contribution in [1.29, 1.82) is 0 Å². The van der Waals surface area contributed by atoms with Crippen LogP contribution in [0, 0.1) is 0 Å². The molecule has 3 aromatic carbocycles. The standard InChI is InChI=1S/C14H10O2.C8H7ClO/c15-13-14(16-13,11-7-3-1-4-8-11)12-9-5-2-6-10-12;9-8(10)6-7-4-2-1-3-5-7/h1-10H;1-5H,6H2.